The zero-order chi connectivity index (χ0) is 17.6. The third-order valence-corrected chi connectivity index (χ3v) is 5.33. The second kappa shape index (κ2) is 5.91. The SMILES string of the molecule is CC(=O)[N+]1(C(C)(C)C)c2ccc(Br)cc2[C@H](NC(=O)O)C[C@@H]1C. The highest BCUT2D eigenvalue weighted by atomic mass is 79.9. The predicted octanol–water partition coefficient (Wildman–Crippen LogP) is 4.20. The topological polar surface area (TPSA) is 66.4 Å². The summed E-state index contributed by atoms with van der Waals surface area (Å²) in [6.45, 7) is 9.82. The average Bonchev–Trinajstić information content (AvgIpc) is 2.36. The predicted molar refractivity (Wildman–Crippen MR) is 94.4 cm³/mol. The smallest absolute Gasteiger partial charge is 0.405 e. The van der Waals surface area contributed by atoms with Gasteiger partial charge < -0.3 is 10.4 Å². The number of nitrogens with zero attached hydrogens (tertiary/aromatic N) is 1. The van der Waals surface area contributed by atoms with E-state index >= 15 is 0 Å². The number of fused-ring (bicyclic) bond motifs is 1. The molecular formula is C17H24BrN2O3+. The number of nitrogens with one attached hydrogen (secondary N) is 1. The summed E-state index contributed by atoms with van der Waals surface area (Å²) in [4.78, 5) is 23.9. The number of amides is 2. The van der Waals surface area contributed by atoms with E-state index in [0.29, 0.717) is 6.42 Å². The molecule has 126 valence electrons. The Morgan fingerprint density at radius 3 is 2.43 bits per heavy atom. The second-order valence-corrected chi connectivity index (χ2v) is 8.12. The summed E-state index contributed by atoms with van der Waals surface area (Å²) in [6, 6.07) is 5.43. The van der Waals surface area contributed by atoms with Crippen LogP contribution >= 0.6 is 15.9 Å². The lowest BCUT2D eigenvalue weighted by atomic mass is 9.83. The molecule has 1 aliphatic rings. The Labute approximate surface area is 145 Å². The molecule has 2 N–H and O–H groups in total. The van der Waals surface area contributed by atoms with Gasteiger partial charge in [0.25, 0.3) is 0 Å². The first-order valence-corrected chi connectivity index (χ1v) is 8.50. The van der Waals surface area contributed by atoms with Crippen molar-refractivity contribution in [2.75, 3.05) is 0 Å². The highest BCUT2D eigenvalue weighted by Gasteiger charge is 2.55. The van der Waals surface area contributed by atoms with E-state index < -0.39 is 6.09 Å². The molecule has 0 fully saturated rings. The lowest BCUT2D eigenvalue weighted by Crippen LogP contribution is -2.71. The Morgan fingerprint density at radius 2 is 1.96 bits per heavy atom. The lowest BCUT2D eigenvalue weighted by molar-refractivity contribution is -0.136. The van der Waals surface area contributed by atoms with Gasteiger partial charge in [-0.2, -0.15) is 0 Å². The van der Waals surface area contributed by atoms with E-state index in [2.05, 4.69) is 42.0 Å². The number of carboxylic acid groups (broad SMARTS) is 1. The van der Waals surface area contributed by atoms with Gasteiger partial charge >= 0.3 is 12.0 Å². The molecule has 2 amide bonds. The van der Waals surface area contributed by atoms with Crippen LogP contribution in [0, 0.1) is 0 Å². The van der Waals surface area contributed by atoms with Crippen molar-refractivity contribution in [3.63, 3.8) is 0 Å². The van der Waals surface area contributed by atoms with E-state index in [4.69, 9.17) is 5.11 Å². The maximum Gasteiger partial charge on any atom is 0.405 e. The average molecular weight is 384 g/mol. The van der Waals surface area contributed by atoms with E-state index in [-0.39, 0.29) is 28.0 Å². The van der Waals surface area contributed by atoms with Crippen LogP contribution in [0.2, 0.25) is 0 Å². The highest BCUT2D eigenvalue weighted by molar-refractivity contribution is 9.10. The Bertz CT molecular complexity index is 654. The van der Waals surface area contributed by atoms with Crippen molar-refractivity contribution in [1.29, 1.82) is 0 Å². The second-order valence-electron chi connectivity index (χ2n) is 7.20. The van der Waals surface area contributed by atoms with Gasteiger partial charge in [0.2, 0.25) is 0 Å². The van der Waals surface area contributed by atoms with Gasteiger partial charge in [-0.3, -0.25) is 0 Å². The molecule has 1 aliphatic heterocycles. The monoisotopic (exact) mass is 383 g/mol. The molecule has 1 aromatic rings. The minimum atomic E-state index is -1.05. The molecule has 2 rings (SSSR count). The number of hydrogen-bond donors (Lipinski definition) is 2. The fourth-order valence-corrected chi connectivity index (χ4v) is 4.63. The zero-order valence-electron chi connectivity index (χ0n) is 14.2. The van der Waals surface area contributed by atoms with Crippen molar-refractivity contribution in [2.45, 2.75) is 58.7 Å². The number of carbonyl (C=O) groups is 2. The van der Waals surface area contributed by atoms with Crippen LogP contribution < -0.4 is 9.80 Å². The van der Waals surface area contributed by atoms with Crippen molar-refractivity contribution in [3.8, 4) is 0 Å². The molecular weight excluding hydrogens is 360 g/mol. The molecule has 0 aromatic heterocycles. The van der Waals surface area contributed by atoms with Crippen LogP contribution in [0.3, 0.4) is 0 Å². The van der Waals surface area contributed by atoms with Crippen LogP contribution in [0.15, 0.2) is 22.7 Å². The molecule has 0 bridgehead atoms. The number of carbonyl (C=O) groups excluding carboxylic acids is 1. The van der Waals surface area contributed by atoms with Gasteiger partial charge in [0.05, 0.1) is 13.0 Å². The summed E-state index contributed by atoms with van der Waals surface area (Å²) in [7, 11) is 0. The van der Waals surface area contributed by atoms with Crippen LogP contribution in [-0.2, 0) is 4.79 Å². The van der Waals surface area contributed by atoms with Gasteiger partial charge in [-0.15, -0.1) is 0 Å². The van der Waals surface area contributed by atoms with Crippen LogP contribution in [0.25, 0.3) is 0 Å². The van der Waals surface area contributed by atoms with E-state index in [1.165, 1.54) is 0 Å². The molecule has 1 unspecified atom stereocenters. The number of benzene rings is 1. The van der Waals surface area contributed by atoms with Crippen molar-refractivity contribution < 1.29 is 14.7 Å². The molecule has 0 saturated carbocycles. The summed E-state index contributed by atoms with van der Waals surface area (Å²) in [5, 5.41) is 11.7. The van der Waals surface area contributed by atoms with E-state index in [9.17, 15) is 9.59 Å². The first kappa shape index (κ1) is 17.9. The molecule has 0 saturated heterocycles. The summed E-state index contributed by atoms with van der Waals surface area (Å²) >= 11 is 3.46. The number of halogens is 1. The third-order valence-electron chi connectivity index (χ3n) is 4.84. The molecule has 0 spiro atoms. The maximum absolute atomic E-state index is 12.8. The molecule has 0 radical (unpaired) electrons. The van der Waals surface area contributed by atoms with Crippen molar-refractivity contribution >= 4 is 33.6 Å². The quantitative estimate of drug-likeness (QED) is 0.713. The summed E-state index contributed by atoms with van der Waals surface area (Å²) in [5.74, 6) is 0.0716. The van der Waals surface area contributed by atoms with Crippen LogP contribution in [0.1, 0.15) is 52.6 Å². The summed E-state index contributed by atoms with van der Waals surface area (Å²) < 4.78 is 1.09. The molecule has 1 aromatic carbocycles. The maximum atomic E-state index is 12.8. The third kappa shape index (κ3) is 2.78. The minimum absolute atomic E-state index is 0.0296. The Kier molecular flexibility index (Phi) is 4.61. The van der Waals surface area contributed by atoms with Crippen LogP contribution in [0.5, 0.6) is 0 Å². The van der Waals surface area contributed by atoms with Gasteiger partial charge in [0.15, 0.2) is 0 Å². The number of hydrogen-bond acceptors (Lipinski definition) is 2. The lowest BCUT2D eigenvalue weighted by Gasteiger charge is -2.53. The standard InChI is InChI=1S/C17H23BrN2O3/c1-10-8-14(19-16(22)23)13-9-12(18)6-7-15(13)20(10,11(2)21)17(3,4)5/h6-7,9-10,14,19H,8H2,1-5H3/p+1/t10-,14+,20?/m0/s1. The Morgan fingerprint density at radius 1 is 1.35 bits per heavy atom. The van der Waals surface area contributed by atoms with Crippen LogP contribution in [-0.4, -0.2) is 28.7 Å². The molecule has 3 atom stereocenters. The van der Waals surface area contributed by atoms with Gasteiger partial charge in [0.1, 0.15) is 17.3 Å². The van der Waals surface area contributed by atoms with Crippen molar-refractivity contribution in [1.82, 2.24) is 9.80 Å². The Hall–Kier alpha value is -1.40. The normalized spacial score (nSPS) is 27.2. The fraction of sp³-hybridized carbons (Fsp3) is 0.529. The molecule has 6 heteroatoms. The van der Waals surface area contributed by atoms with Crippen molar-refractivity contribution in [2.24, 2.45) is 0 Å². The summed E-state index contributed by atoms with van der Waals surface area (Å²) in [6.07, 6.45) is -0.473. The summed E-state index contributed by atoms with van der Waals surface area (Å²) in [5.41, 5.74) is 1.41. The van der Waals surface area contributed by atoms with Crippen LogP contribution in [0.4, 0.5) is 10.5 Å². The Balaban J connectivity index is 2.77. The van der Waals surface area contributed by atoms with Crippen molar-refractivity contribution in [3.05, 3.63) is 28.2 Å². The highest BCUT2D eigenvalue weighted by Crippen LogP contribution is 2.48. The molecule has 5 nitrogen and oxygen atoms in total. The van der Waals surface area contributed by atoms with E-state index in [0.717, 1.165) is 15.7 Å². The molecule has 23 heavy (non-hydrogen) atoms. The van der Waals surface area contributed by atoms with Gasteiger partial charge in [0, 0.05) is 22.5 Å². The number of quaternary nitrogens is 1. The first-order valence-electron chi connectivity index (χ1n) is 7.71. The van der Waals surface area contributed by atoms with E-state index in [1.54, 1.807) is 6.92 Å². The zero-order valence-corrected chi connectivity index (χ0v) is 15.8. The molecule has 1 heterocycles. The fourth-order valence-electron chi connectivity index (χ4n) is 4.25. The first-order chi connectivity index (χ1) is 10.5. The minimum Gasteiger partial charge on any atom is -0.465 e. The van der Waals surface area contributed by atoms with Gasteiger partial charge in [-0.25, -0.2) is 14.1 Å². The number of rotatable bonds is 1. The van der Waals surface area contributed by atoms with Gasteiger partial charge in [-0.05, 0) is 39.8 Å². The molecule has 0 aliphatic carbocycles. The van der Waals surface area contributed by atoms with Gasteiger partial charge in [-0.1, -0.05) is 15.9 Å². The van der Waals surface area contributed by atoms with E-state index in [1.807, 2.05) is 25.1 Å². The largest absolute Gasteiger partial charge is 0.465 e.